The van der Waals surface area contributed by atoms with Crippen molar-refractivity contribution in [1.29, 1.82) is 0 Å². The van der Waals surface area contributed by atoms with Crippen molar-refractivity contribution in [3.05, 3.63) is 28.8 Å². The average Bonchev–Trinajstić information content (AvgIpc) is 2.58. The molecule has 5 heteroatoms. The molecule has 0 aliphatic carbocycles. The molecule has 3 nitrogen and oxygen atoms in total. The number of carbonyl (C=O) groups excluding carboxylic acids is 2. The van der Waals surface area contributed by atoms with Crippen LogP contribution in [0.4, 0.5) is 5.69 Å². The Morgan fingerprint density at radius 2 is 2.18 bits per heavy atom. The molecule has 0 bridgehead atoms. The number of carbonyl (C=O) groups is 2. The van der Waals surface area contributed by atoms with Crippen LogP contribution in [-0.4, -0.2) is 17.1 Å². The third-order valence-electron chi connectivity index (χ3n) is 2.77. The molecule has 1 aliphatic rings. The topological polar surface area (TPSA) is 37.4 Å². The van der Waals surface area contributed by atoms with Crippen LogP contribution in [0.5, 0.6) is 0 Å². The molecule has 1 atom stereocenters. The molecule has 1 saturated heterocycles. The fourth-order valence-corrected chi connectivity index (χ4v) is 2.57. The van der Waals surface area contributed by atoms with E-state index < -0.39 is 0 Å². The van der Waals surface area contributed by atoms with Gasteiger partial charge in [0.05, 0.1) is 16.6 Å². The molecule has 0 aromatic heterocycles. The SMILES string of the molecule is Cc1ccc(Cl)c(N2C(=O)CC(CBr)C2=O)c1. The summed E-state index contributed by atoms with van der Waals surface area (Å²) >= 11 is 9.28. The number of anilines is 1. The third kappa shape index (κ3) is 2.24. The van der Waals surface area contributed by atoms with E-state index in [0.717, 1.165) is 5.56 Å². The highest BCUT2D eigenvalue weighted by Gasteiger charge is 2.39. The summed E-state index contributed by atoms with van der Waals surface area (Å²) in [7, 11) is 0. The number of imide groups is 1. The van der Waals surface area contributed by atoms with Gasteiger partial charge in [0.1, 0.15) is 0 Å². The average molecular weight is 317 g/mol. The molecule has 0 saturated carbocycles. The minimum Gasteiger partial charge on any atom is -0.274 e. The summed E-state index contributed by atoms with van der Waals surface area (Å²) in [6, 6.07) is 5.31. The van der Waals surface area contributed by atoms with Crippen molar-refractivity contribution in [2.45, 2.75) is 13.3 Å². The maximum absolute atomic E-state index is 12.0. The lowest BCUT2D eigenvalue weighted by Gasteiger charge is -2.16. The Hall–Kier alpha value is -0.870. The maximum atomic E-state index is 12.0. The molecule has 0 N–H and O–H groups in total. The van der Waals surface area contributed by atoms with E-state index >= 15 is 0 Å². The van der Waals surface area contributed by atoms with Crippen LogP contribution in [0, 0.1) is 12.8 Å². The molecule has 1 unspecified atom stereocenters. The highest BCUT2D eigenvalue weighted by Crippen LogP contribution is 2.33. The lowest BCUT2D eigenvalue weighted by Crippen LogP contribution is -2.31. The van der Waals surface area contributed by atoms with E-state index in [-0.39, 0.29) is 24.2 Å². The van der Waals surface area contributed by atoms with Gasteiger partial charge in [-0.05, 0) is 24.6 Å². The molecule has 1 aromatic carbocycles. The van der Waals surface area contributed by atoms with E-state index in [1.54, 1.807) is 12.1 Å². The van der Waals surface area contributed by atoms with Crippen molar-refractivity contribution in [3.8, 4) is 0 Å². The molecule has 1 aliphatic heterocycles. The zero-order chi connectivity index (χ0) is 12.6. The van der Waals surface area contributed by atoms with E-state index in [2.05, 4.69) is 15.9 Å². The number of halogens is 2. The van der Waals surface area contributed by atoms with E-state index in [9.17, 15) is 9.59 Å². The monoisotopic (exact) mass is 315 g/mol. The number of hydrogen-bond acceptors (Lipinski definition) is 2. The van der Waals surface area contributed by atoms with Gasteiger partial charge in [-0.1, -0.05) is 33.6 Å². The highest BCUT2D eigenvalue weighted by atomic mass is 79.9. The number of amides is 2. The zero-order valence-corrected chi connectivity index (χ0v) is 11.6. The first-order chi connectivity index (χ1) is 8.04. The number of rotatable bonds is 2. The van der Waals surface area contributed by atoms with E-state index in [1.165, 1.54) is 4.90 Å². The summed E-state index contributed by atoms with van der Waals surface area (Å²) in [5, 5.41) is 0.921. The minimum absolute atomic E-state index is 0.181. The van der Waals surface area contributed by atoms with Crippen LogP contribution in [0.2, 0.25) is 5.02 Å². The van der Waals surface area contributed by atoms with Gasteiger partial charge in [-0.2, -0.15) is 0 Å². The van der Waals surface area contributed by atoms with Crippen molar-refractivity contribution in [3.63, 3.8) is 0 Å². The predicted octanol–water partition coefficient (Wildman–Crippen LogP) is 2.92. The van der Waals surface area contributed by atoms with Crippen LogP contribution in [0.3, 0.4) is 0 Å². The molecule has 1 aromatic rings. The predicted molar refractivity (Wildman–Crippen MR) is 70.6 cm³/mol. The fourth-order valence-electron chi connectivity index (χ4n) is 1.86. The zero-order valence-electron chi connectivity index (χ0n) is 9.24. The van der Waals surface area contributed by atoms with Gasteiger partial charge in [0.15, 0.2) is 0 Å². The summed E-state index contributed by atoms with van der Waals surface area (Å²) in [6.07, 6.45) is 0.244. The number of nitrogens with zero attached hydrogens (tertiary/aromatic N) is 1. The fraction of sp³-hybridized carbons (Fsp3) is 0.333. The largest absolute Gasteiger partial charge is 0.274 e. The van der Waals surface area contributed by atoms with Gasteiger partial charge in [0, 0.05) is 11.8 Å². The molecular weight excluding hydrogens is 305 g/mol. The minimum atomic E-state index is -0.279. The smallest absolute Gasteiger partial charge is 0.238 e. The van der Waals surface area contributed by atoms with Gasteiger partial charge in [0.2, 0.25) is 11.8 Å². The van der Waals surface area contributed by atoms with Gasteiger partial charge >= 0.3 is 0 Å². The maximum Gasteiger partial charge on any atom is 0.238 e. The lowest BCUT2D eigenvalue weighted by molar-refractivity contribution is -0.122. The second-order valence-corrected chi connectivity index (χ2v) is 5.13. The Kier molecular flexibility index (Phi) is 3.54. The Morgan fingerprint density at radius 1 is 1.47 bits per heavy atom. The Labute approximate surface area is 113 Å². The van der Waals surface area contributed by atoms with Crippen LogP contribution in [0.15, 0.2) is 18.2 Å². The Morgan fingerprint density at radius 3 is 2.76 bits per heavy atom. The first-order valence-corrected chi connectivity index (χ1v) is 6.73. The molecule has 1 fully saturated rings. The van der Waals surface area contributed by atoms with Crippen molar-refractivity contribution in [2.75, 3.05) is 10.2 Å². The molecule has 0 radical (unpaired) electrons. The summed E-state index contributed by atoms with van der Waals surface area (Å²) in [5.74, 6) is -0.648. The van der Waals surface area contributed by atoms with Crippen LogP contribution in [0.1, 0.15) is 12.0 Å². The second-order valence-electron chi connectivity index (χ2n) is 4.08. The first-order valence-electron chi connectivity index (χ1n) is 5.23. The van der Waals surface area contributed by atoms with Crippen LogP contribution in [0.25, 0.3) is 0 Å². The van der Waals surface area contributed by atoms with E-state index in [1.807, 2.05) is 13.0 Å². The molecule has 2 rings (SSSR count). The number of aryl methyl sites for hydroxylation is 1. The van der Waals surface area contributed by atoms with Crippen molar-refractivity contribution >= 4 is 45.0 Å². The van der Waals surface area contributed by atoms with Gasteiger partial charge in [0.25, 0.3) is 0 Å². The quantitative estimate of drug-likeness (QED) is 0.621. The summed E-state index contributed by atoms with van der Waals surface area (Å²) in [4.78, 5) is 25.1. The summed E-state index contributed by atoms with van der Waals surface area (Å²) in [5.41, 5.74) is 1.46. The molecule has 1 heterocycles. The summed E-state index contributed by atoms with van der Waals surface area (Å²) in [6.45, 7) is 1.90. The van der Waals surface area contributed by atoms with Gasteiger partial charge in [-0.3, -0.25) is 9.59 Å². The number of benzene rings is 1. The third-order valence-corrected chi connectivity index (χ3v) is 3.87. The Bertz CT molecular complexity index is 489. The van der Waals surface area contributed by atoms with Gasteiger partial charge in [-0.25, -0.2) is 4.90 Å². The van der Waals surface area contributed by atoms with Gasteiger partial charge < -0.3 is 0 Å². The normalized spacial score (nSPS) is 20.2. The van der Waals surface area contributed by atoms with Crippen molar-refractivity contribution in [1.82, 2.24) is 0 Å². The second kappa shape index (κ2) is 4.78. The lowest BCUT2D eigenvalue weighted by atomic mass is 10.1. The molecule has 2 amide bonds. The van der Waals surface area contributed by atoms with Crippen LogP contribution in [-0.2, 0) is 9.59 Å². The first kappa shape index (κ1) is 12.6. The standard InChI is InChI=1S/C12H11BrClNO2/c1-7-2-3-9(14)10(4-7)15-11(16)5-8(6-13)12(15)17/h2-4,8H,5-6H2,1H3. The highest BCUT2D eigenvalue weighted by molar-refractivity contribution is 9.09. The number of alkyl halides is 1. The van der Waals surface area contributed by atoms with E-state index in [0.29, 0.717) is 16.0 Å². The molecule has 0 spiro atoms. The Balaban J connectivity index is 2.43. The van der Waals surface area contributed by atoms with E-state index in [4.69, 9.17) is 11.6 Å². The van der Waals surface area contributed by atoms with Crippen molar-refractivity contribution in [2.24, 2.45) is 5.92 Å². The number of hydrogen-bond donors (Lipinski definition) is 0. The summed E-state index contributed by atoms with van der Waals surface area (Å²) < 4.78 is 0. The van der Waals surface area contributed by atoms with Crippen molar-refractivity contribution < 1.29 is 9.59 Å². The van der Waals surface area contributed by atoms with Crippen LogP contribution < -0.4 is 4.90 Å². The molecular formula is C12H11BrClNO2. The molecule has 17 heavy (non-hydrogen) atoms. The molecule has 90 valence electrons. The van der Waals surface area contributed by atoms with Gasteiger partial charge in [-0.15, -0.1) is 0 Å². The van der Waals surface area contributed by atoms with Crippen LogP contribution >= 0.6 is 27.5 Å².